The number of methoxy groups -OCH3 is 1. The van der Waals surface area contributed by atoms with Crippen molar-refractivity contribution < 1.29 is 37.7 Å². The number of carbonyl (C=O) groups excluding carboxylic acids is 3. The van der Waals surface area contributed by atoms with Gasteiger partial charge in [-0.3, -0.25) is 19.8 Å². The number of nitrogens with zero attached hydrogens (tertiary/aromatic N) is 7. The molecule has 15 nitrogen and oxygen atoms in total. The van der Waals surface area contributed by atoms with E-state index < -0.39 is 11.8 Å². The summed E-state index contributed by atoms with van der Waals surface area (Å²) in [6.45, 7) is 11.6. The van der Waals surface area contributed by atoms with Crippen molar-refractivity contribution in [2.45, 2.75) is 96.1 Å². The average molecular weight is 1030 g/mol. The smallest absolute Gasteiger partial charge is 0.328 e. The molecule has 4 amide bonds. The number of amides is 4. The van der Waals surface area contributed by atoms with Gasteiger partial charge in [-0.2, -0.15) is 9.97 Å². The van der Waals surface area contributed by atoms with E-state index in [1.807, 2.05) is 17.9 Å². The van der Waals surface area contributed by atoms with Crippen LogP contribution in [0.2, 0.25) is 0 Å². The van der Waals surface area contributed by atoms with Gasteiger partial charge >= 0.3 is 12.0 Å². The summed E-state index contributed by atoms with van der Waals surface area (Å²) in [5.41, 5.74) is 2.56. The molecule has 3 N–H and O–H groups in total. The quantitative estimate of drug-likeness (QED) is 0.104. The number of phenols is 1. The molecule has 2 saturated carbocycles. The summed E-state index contributed by atoms with van der Waals surface area (Å²) >= 11 is 0. The second kappa shape index (κ2) is 20.1. The highest BCUT2D eigenvalue weighted by Crippen LogP contribution is 2.49. The summed E-state index contributed by atoms with van der Waals surface area (Å²) in [4.78, 5) is 59.0. The number of anilines is 2. The number of hydrogen-bond donors (Lipinski definition) is 3. The lowest BCUT2D eigenvalue weighted by molar-refractivity contribution is -0.120. The van der Waals surface area contributed by atoms with Crippen LogP contribution in [-0.4, -0.2) is 145 Å². The number of urea groups is 1. The number of carbonyl (C=O) groups is 3. The van der Waals surface area contributed by atoms with Gasteiger partial charge in [0.25, 0.3) is 5.91 Å². The number of piperidine rings is 1. The number of piperazine rings is 2. The van der Waals surface area contributed by atoms with Gasteiger partial charge in [0.15, 0.2) is 5.82 Å². The Morgan fingerprint density at radius 1 is 0.827 bits per heavy atom. The molecule has 396 valence electrons. The van der Waals surface area contributed by atoms with E-state index >= 15 is 8.78 Å². The lowest BCUT2D eigenvalue weighted by atomic mass is 9.65. The first kappa shape index (κ1) is 49.7. The van der Waals surface area contributed by atoms with Crippen LogP contribution in [0.3, 0.4) is 0 Å². The van der Waals surface area contributed by atoms with Crippen LogP contribution >= 0.6 is 0 Å². The largest absolute Gasteiger partial charge is 0.508 e. The van der Waals surface area contributed by atoms with E-state index in [0.717, 1.165) is 90.9 Å². The Balaban J connectivity index is 0.656. The van der Waals surface area contributed by atoms with Crippen LogP contribution in [0, 0.1) is 28.4 Å². The average Bonchev–Trinajstić information content (AvgIpc) is 4.11. The molecule has 1 aromatic heterocycles. The van der Waals surface area contributed by atoms with Gasteiger partial charge in [0.05, 0.1) is 19.4 Å². The van der Waals surface area contributed by atoms with Crippen molar-refractivity contribution in [2.24, 2.45) is 16.7 Å². The first-order chi connectivity index (χ1) is 36.4. The van der Waals surface area contributed by atoms with Gasteiger partial charge in [-0.15, -0.1) is 0 Å². The van der Waals surface area contributed by atoms with E-state index in [1.54, 1.807) is 36.4 Å². The number of phenolic OH excluding ortho intramolecular Hbond substituents is 1. The molecule has 75 heavy (non-hydrogen) atoms. The molecule has 2 atom stereocenters. The van der Waals surface area contributed by atoms with Crippen molar-refractivity contribution >= 4 is 51.0 Å². The summed E-state index contributed by atoms with van der Waals surface area (Å²) in [6.07, 6.45) is 11.7. The molecular weight excluding hydrogens is 957 g/mol. The van der Waals surface area contributed by atoms with Crippen LogP contribution in [-0.2, 0) is 11.2 Å². The van der Waals surface area contributed by atoms with Gasteiger partial charge in [0, 0.05) is 112 Å². The van der Waals surface area contributed by atoms with Gasteiger partial charge in [-0.25, -0.2) is 13.6 Å². The SMILES string of the molecule is CCc1c(F)ccc2cc(O)cc(-c3ccc4c(N5CC6CCC(C5)N6)nc(OCC5(CN6CCN(CC7CCC8(CC7)CCN(C(=O)c7ccc(OC)c(N9CCC(=O)NC9=O)c7)CC8)CC6)CC5)nc4c3F)c12. The summed E-state index contributed by atoms with van der Waals surface area (Å²) < 4.78 is 44.6. The Morgan fingerprint density at radius 2 is 1.57 bits per heavy atom. The first-order valence-corrected chi connectivity index (χ1v) is 27.5. The second-order valence-corrected chi connectivity index (χ2v) is 22.9. The minimum atomic E-state index is -0.548. The van der Waals surface area contributed by atoms with Gasteiger partial charge in [-0.1, -0.05) is 19.1 Å². The van der Waals surface area contributed by atoms with Crippen molar-refractivity contribution in [3.05, 3.63) is 77.4 Å². The number of fused-ring (bicyclic) bond motifs is 4. The summed E-state index contributed by atoms with van der Waals surface area (Å²) in [6, 6.07) is 15.3. The zero-order valence-corrected chi connectivity index (χ0v) is 43.3. The molecule has 7 aliphatic rings. The number of rotatable bonds is 13. The van der Waals surface area contributed by atoms with Crippen molar-refractivity contribution in [3.8, 4) is 28.6 Å². The van der Waals surface area contributed by atoms with E-state index in [-0.39, 0.29) is 64.3 Å². The van der Waals surface area contributed by atoms with Crippen LogP contribution in [0.15, 0.2) is 54.6 Å². The van der Waals surface area contributed by atoms with E-state index in [9.17, 15) is 19.5 Å². The fraction of sp³-hybridized carbons (Fsp3) is 0.534. The number of nitrogens with one attached hydrogen (secondary N) is 2. The molecular formula is C58H69F2N9O6. The highest BCUT2D eigenvalue weighted by Gasteiger charge is 2.46. The highest BCUT2D eigenvalue weighted by molar-refractivity contribution is 6.07. The summed E-state index contributed by atoms with van der Waals surface area (Å²) in [7, 11) is 1.53. The summed E-state index contributed by atoms with van der Waals surface area (Å²) in [5, 5.41) is 18.7. The number of aromatic nitrogens is 2. The molecule has 2 aliphatic carbocycles. The van der Waals surface area contributed by atoms with Gasteiger partial charge < -0.3 is 39.5 Å². The zero-order valence-electron chi connectivity index (χ0n) is 43.3. The molecule has 2 unspecified atom stereocenters. The molecule has 2 bridgehead atoms. The molecule has 17 heteroatoms. The number of ether oxygens (including phenoxy) is 2. The van der Waals surface area contributed by atoms with Gasteiger partial charge in [-0.05, 0) is 146 Å². The van der Waals surface area contributed by atoms with Crippen molar-refractivity contribution in [3.63, 3.8) is 0 Å². The number of imide groups is 1. The Labute approximate surface area is 436 Å². The lowest BCUT2D eigenvalue weighted by Crippen LogP contribution is -2.51. The maximum atomic E-state index is 17.3. The molecule has 12 rings (SSSR count). The van der Waals surface area contributed by atoms with Crippen LogP contribution in [0.5, 0.6) is 17.5 Å². The number of likely N-dealkylation sites (tertiary alicyclic amines) is 1. The highest BCUT2D eigenvalue weighted by atomic mass is 19.1. The number of halogens is 2. The lowest BCUT2D eigenvalue weighted by Gasteiger charge is -2.47. The van der Waals surface area contributed by atoms with Crippen LogP contribution in [0.4, 0.5) is 25.1 Å². The van der Waals surface area contributed by atoms with Crippen molar-refractivity contribution in [1.29, 1.82) is 0 Å². The minimum absolute atomic E-state index is 0.0142. The Kier molecular flexibility index (Phi) is 13.3. The van der Waals surface area contributed by atoms with Crippen LogP contribution in [0.1, 0.15) is 93.5 Å². The third-order valence-electron chi connectivity index (χ3n) is 18.1. The number of aryl methyl sites for hydroxylation is 1. The van der Waals surface area contributed by atoms with Crippen molar-refractivity contribution in [1.82, 2.24) is 35.3 Å². The number of benzene rings is 4. The molecule has 6 heterocycles. The molecule has 5 aliphatic heterocycles. The minimum Gasteiger partial charge on any atom is -0.508 e. The Morgan fingerprint density at radius 3 is 2.28 bits per heavy atom. The maximum absolute atomic E-state index is 17.3. The molecule has 4 aromatic carbocycles. The molecule has 0 radical (unpaired) electrons. The molecule has 7 fully saturated rings. The fourth-order valence-corrected chi connectivity index (χ4v) is 13.5. The fourth-order valence-electron chi connectivity index (χ4n) is 13.5. The van der Waals surface area contributed by atoms with Gasteiger partial charge in [0.1, 0.15) is 28.7 Å². The van der Waals surface area contributed by atoms with E-state index in [2.05, 4.69) is 25.3 Å². The van der Waals surface area contributed by atoms with E-state index in [4.69, 9.17) is 19.4 Å². The van der Waals surface area contributed by atoms with Crippen LogP contribution in [0.25, 0.3) is 32.8 Å². The third kappa shape index (κ3) is 9.84. The van der Waals surface area contributed by atoms with E-state index in [1.165, 1.54) is 49.8 Å². The first-order valence-electron chi connectivity index (χ1n) is 27.5. The third-order valence-corrected chi connectivity index (χ3v) is 18.1. The van der Waals surface area contributed by atoms with Crippen molar-refractivity contribution in [2.75, 3.05) is 95.5 Å². The molecule has 1 spiro atoms. The number of hydrogen-bond acceptors (Lipinski definition) is 12. The second-order valence-electron chi connectivity index (χ2n) is 22.9. The Bertz CT molecular complexity index is 3020. The molecule has 5 saturated heterocycles. The number of aromatic hydroxyl groups is 1. The van der Waals surface area contributed by atoms with Gasteiger partial charge in [0.2, 0.25) is 5.91 Å². The predicted molar refractivity (Wildman–Crippen MR) is 284 cm³/mol. The normalized spacial score (nSPS) is 23.1. The topological polar surface area (TPSA) is 156 Å². The van der Waals surface area contributed by atoms with E-state index in [0.29, 0.717) is 94.2 Å². The summed E-state index contributed by atoms with van der Waals surface area (Å²) in [5.74, 6) is 0.531. The maximum Gasteiger partial charge on any atom is 0.328 e. The monoisotopic (exact) mass is 1030 g/mol. The standard InChI is InChI=1S/C58H69F2N9O6/c1-3-42-46(59)10-4-37-28-41(70)30-45(50(37)42)43-8-9-44-52(51(43)60)63-55(64-53(44)68-32-39-6-7-40(33-68)61-39)75-35-58(17-18-58)34-66-26-24-65(25-27-66)31-36-12-15-57(16-13-36)19-22-67(23-20-57)54(72)38-5-11-48(74-2)47(29-38)69-21-14-49(71)62-56(69)73/h4-5,8-11,28-30,36,39-40,61,70H,3,6-7,12-27,31-35H2,1-2H3,(H,62,71,73). The predicted octanol–water partition coefficient (Wildman–Crippen LogP) is 8.28. The zero-order chi connectivity index (χ0) is 51.6. The van der Waals surface area contributed by atoms with Crippen LogP contribution < -0.4 is 29.9 Å². The Hall–Kier alpha value is -6.17. The molecule has 5 aromatic rings.